The first-order valence-electron chi connectivity index (χ1n) is 7.34. The molecule has 4 heteroatoms. The third-order valence-electron chi connectivity index (χ3n) is 3.02. The van der Waals surface area contributed by atoms with Crippen molar-refractivity contribution in [1.82, 2.24) is 0 Å². The quantitative estimate of drug-likeness (QED) is 0.373. The second kappa shape index (κ2) is 14.3. The van der Waals surface area contributed by atoms with Gasteiger partial charge in [0.15, 0.2) is 0 Å². The minimum atomic E-state index is -2.77. The summed E-state index contributed by atoms with van der Waals surface area (Å²) in [5, 5.41) is 0. The van der Waals surface area contributed by atoms with Crippen LogP contribution in [-0.4, -0.2) is 9.52 Å². The molecule has 0 N–H and O–H groups in total. The molecule has 0 heterocycles. The summed E-state index contributed by atoms with van der Waals surface area (Å²) in [6.45, 7) is 17.2. The van der Waals surface area contributed by atoms with E-state index in [1.165, 1.54) is 33.4 Å². The molecule has 0 saturated heterocycles. The van der Waals surface area contributed by atoms with Crippen LogP contribution in [0.1, 0.15) is 33.4 Å². The molecule has 2 aromatic carbocycles. The number of hydrogen-bond donors (Lipinski definition) is 0. The molecular weight excluding hydrogens is 374 g/mol. The van der Waals surface area contributed by atoms with Gasteiger partial charge in [-0.05, 0) is 0 Å². The Morgan fingerprint density at radius 1 is 0.773 bits per heavy atom. The van der Waals surface area contributed by atoms with E-state index in [2.05, 4.69) is 78.9 Å². The molecule has 0 aliphatic heterocycles. The van der Waals surface area contributed by atoms with Crippen LogP contribution >= 0.6 is 0 Å². The van der Waals surface area contributed by atoms with E-state index in [1.54, 1.807) is 0 Å². The summed E-state index contributed by atoms with van der Waals surface area (Å²) >= 11 is -2.77. The normalized spacial score (nSPS) is 8.45. The van der Waals surface area contributed by atoms with Crippen molar-refractivity contribution < 1.29 is 29.7 Å². The van der Waals surface area contributed by atoms with E-state index >= 15 is 0 Å². The van der Waals surface area contributed by atoms with Gasteiger partial charge in [0.1, 0.15) is 0 Å². The molecule has 0 unspecified atom stereocenters. The van der Waals surface area contributed by atoms with Crippen molar-refractivity contribution in [2.45, 2.75) is 54.6 Å². The summed E-state index contributed by atoms with van der Waals surface area (Å²) < 4.78 is 19.6. The Balaban J connectivity index is 0. The summed E-state index contributed by atoms with van der Waals surface area (Å²) in [5.74, 6) is 0. The van der Waals surface area contributed by atoms with E-state index < -0.39 is 24.5 Å². The van der Waals surface area contributed by atoms with Crippen LogP contribution in [0.2, 0.25) is 13.1 Å². The van der Waals surface area contributed by atoms with E-state index in [-0.39, 0.29) is 0 Å². The van der Waals surface area contributed by atoms with Gasteiger partial charge in [0.2, 0.25) is 0 Å². The van der Waals surface area contributed by atoms with Crippen LogP contribution < -0.4 is 0 Å². The molecule has 0 aliphatic rings. The van der Waals surface area contributed by atoms with Gasteiger partial charge >= 0.3 is 29.7 Å². The number of aryl methyl sites for hydroxylation is 6. The van der Waals surface area contributed by atoms with Crippen molar-refractivity contribution in [3.05, 3.63) is 57.6 Å². The Labute approximate surface area is 151 Å². The van der Waals surface area contributed by atoms with Crippen LogP contribution in [0.25, 0.3) is 0 Å². The molecule has 123 valence electrons. The summed E-state index contributed by atoms with van der Waals surface area (Å²) in [6.07, 6.45) is 0. The van der Waals surface area contributed by atoms with Crippen molar-refractivity contribution in [1.29, 1.82) is 0 Å². The van der Waals surface area contributed by atoms with E-state index in [9.17, 15) is 5.25 Å². The fourth-order valence-electron chi connectivity index (χ4n) is 1.90. The third kappa shape index (κ3) is 12.2. The first-order chi connectivity index (χ1) is 10.2. The van der Waals surface area contributed by atoms with Crippen LogP contribution in [0.4, 0.5) is 5.25 Å². The maximum absolute atomic E-state index is 9.80. The molecule has 22 heavy (non-hydrogen) atoms. The average molecular weight is 403 g/mol. The van der Waals surface area contributed by atoms with Crippen LogP contribution in [0.15, 0.2) is 24.3 Å². The predicted octanol–water partition coefficient (Wildman–Crippen LogP) is 6.02. The molecule has 0 nitrogen and oxygen atoms in total. The first kappa shape index (κ1) is 23.9. The average Bonchev–Trinajstić information content (AvgIpc) is 2.83. The van der Waals surface area contributed by atoms with Gasteiger partial charge in [-0.2, -0.15) is 45.5 Å². The van der Waals surface area contributed by atoms with Crippen molar-refractivity contribution in [3.8, 4) is 0 Å². The monoisotopic (exact) mass is 401 g/mol. The molecular formula is C18H29F2SiZr. The van der Waals surface area contributed by atoms with Gasteiger partial charge in [0, 0.05) is 9.52 Å². The topological polar surface area (TPSA) is 0 Å². The number of halogens is 2. The minimum absolute atomic E-state index is 0.750. The fraction of sp³-hybridized carbons (Fsp3) is 0.444. The molecule has 0 saturated carbocycles. The van der Waals surface area contributed by atoms with E-state index in [1.807, 2.05) is 0 Å². The van der Waals surface area contributed by atoms with E-state index in [0.29, 0.717) is 0 Å². The molecule has 0 fully saturated rings. The fourth-order valence-corrected chi connectivity index (χ4v) is 1.90. The molecule has 0 bridgehead atoms. The Bertz CT molecular complexity index is 416. The first-order valence-corrected chi connectivity index (χ1v) is 11.5. The van der Waals surface area contributed by atoms with Crippen LogP contribution in [0.5, 0.6) is 0 Å². The molecule has 2 aromatic rings. The summed E-state index contributed by atoms with van der Waals surface area (Å²) in [4.78, 5) is 0. The molecule has 2 rings (SSSR count). The SMILES string of the molecule is C[SiH]C.Cc1cc(C)c(C)[cH-]1.Cc1cc(C)c(C)[cH-]1.[F][Zr+2][F]. The second-order valence-electron chi connectivity index (χ2n) is 5.45. The number of hydrogen-bond acceptors (Lipinski definition) is 0. The zero-order valence-electron chi connectivity index (χ0n) is 15.1. The van der Waals surface area contributed by atoms with E-state index in [0.717, 1.165) is 9.52 Å². The Hall–Kier alpha value is -0.340. The molecule has 1 radical (unpaired) electrons. The summed E-state index contributed by atoms with van der Waals surface area (Å²) in [7, 11) is 0.750. The Kier molecular flexibility index (Phi) is 15.5. The van der Waals surface area contributed by atoms with Gasteiger partial charge in [-0.3, -0.25) is 0 Å². The zero-order valence-corrected chi connectivity index (χ0v) is 18.8. The van der Waals surface area contributed by atoms with Crippen LogP contribution in [0.3, 0.4) is 0 Å². The molecule has 0 amide bonds. The van der Waals surface area contributed by atoms with Gasteiger partial charge in [0.05, 0.1) is 0 Å². The van der Waals surface area contributed by atoms with Gasteiger partial charge in [-0.1, -0.05) is 54.6 Å². The van der Waals surface area contributed by atoms with Gasteiger partial charge in [-0.25, -0.2) is 12.1 Å². The van der Waals surface area contributed by atoms with Crippen molar-refractivity contribution in [2.24, 2.45) is 0 Å². The summed E-state index contributed by atoms with van der Waals surface area (Å²) in [5.41, 5.74) is 8.37. The van der Waals surface area contributed by atoms with Gasteiger partial charge in [0.25, 0.3) is 0 Å². The van der Waals surface area contributed by atoms with E-state index in [4.69, 9.17) is 0 Å². The van der Waals surface area contributed by atoms with Crippen molar-refractivity contribution >= 4 is 9.52 Å². The Morgan fingerprint density at radius 3 is 1.05 bits per heavy atom. The molecule has 0 spiro atoms. The maximum atomic E-state index is 9.80. The summed E-state index contributed by atoms with van der Waals surface area (Å²) in [6, 6.07) is 8.81. The second-order valence-corrected chi connectivity index (χ2v) is 6.95. The molecule has 0 aliphatic carbocycles. The van der Waals surface area contributed by atoms with Gasteiger partial charge in [-0.15, -0.1) is 0 Å². The van der Waals surface area contributed by atoms with Crippen molar-refractivity contribution in [2.75, 3.05) is 0 Å². The standard InChI is InChI=1S/2C8H11.C2H7Si.2FH.Zr/c2*1-6-4-7(2)8(3)5-6;1-3-2;;;/h2*4-5H,1-3H3;3H,1-2H3;2*1H;/q2*-1;;;;+4/p-2. The third-order valence-corrected chi connectivity index (χ3v) is 3.02. The van der Waals surface area contributed by atoms with Crippen molar-refractivity contribution in [3.63, 3.8) is 0 Å². The van der Waals surface area contributed by atoms with Gasteiger partial charge < -0.3 is 0 Å². The molecule has 0 aromatic heterocycles. The number of rotatable bonds is 0. The molecule has 0 atom stereocenters. The zero-order chi connectivity index (χ0) is 17.7. The van der Waals surface area contributed by atoms with Crippen LogP contribution in [-0.2, 0) is 24.5 Å². The van der Waals surface area contributed by atoms with Crippen LogP contribution in [0, 0.1) is 41.5 Å². The Morgan fingerprint density at radius 2 is 1.00 bits per heavy atom. The predicted molar refractivity (Wildman–Crippen MR) is 93.6 cm³/mol.